The molecule has 0 amide bonds. The Morgan fingerprint density at radius 3 is 2.74 bits per heavy atom. The second-order valence-electron chi connectivity index (χ2n) is 6.64. The molecule has 0 radical (unpaired) electrons. The van der Waals surface area contributed by atoms with Crippen LogP contribution in [-0.4, -0.2) is 14.1 Å². The van der Waals surface area contributed by atoms with Crippen LogP contribution in [0.2, 0.25) is 0 Å². The van der Waals surface area contributed by atoms with E-state index in [-0.39, 0.29) is 0 Å². The van der Waals surface area contributed by atoms with E-state index < -0.39 is 0 Å². The Kier molecular flexibility index (Phi) is 4.17. The van der Waals surface area contributed by atoms with Crippen LogP contribution >= 0.6 is 0 Å². The lowest BCUT2D eigenvalue weighted by atomic mass is 10.1. The highest BCUT2D eigenvalue weighted by Crippen LogP contribution is 2.25. The number of furan rings is 1. The van der Waals surface area contributed by atoms with Crippen LogP contribution in [0.5, 0.6) is 0 Å². The molecule has 27 heavy (non-hydrogen) atoms. The van der Waals surface area contributed by atoms with Crippen molar-refractivity contribution < 1.29 is 4.42 Å². The second-order valence-corrected chi connectivity index (χ2v) is 6.64. The molecule has 0 spiro atoms. The highest BCUT2D eigenvalue weighted by molar-refractivity contribution is 5.91. The molecule has 0 atom stereocenters. The fourth-order valence-corrected chi connectivity index (χ4v) is 3.46. The molecule has 4 aromatic rings. The number of rotatable bonds is 4. The quantitative estimate of drug-likeness (QED) is 0.498. The number of imidazole rings is 1. The second kappa shape index (κ2) is 6.65. The lowest BCUT2D eigenvalue weighted by Gasteiger charge is -2.07. The highest BCUT2D eigenvalue weighted by atomic mass is 16.3. The van der Waals surface area contributed by atoms with Crippen molar-refractivity contribution in [1.82, 2.24) is 14.1 Å². The average Bonchev–Trinajstić information content (AvgIpc) is 3.36. The number of benzene rings is 1. The van der Waals surface area contributed by atoms with Gasteiger partial charge in [-0.05, 0) is 55.8 Å². The first kappa shape index (κ1) is 16.9. The number of allylic oxidation sites excluding steroid dienone is 1. The van der Waals surface area contributed by atoms with Gasteiger partial charge in [-0.3, -0.25) is 0 Å². The van der Waals surface area contributed by atoms with Crippen molar-refractivity contribution in [3.05, 3.63) is 77.3 Å². The fraction of sp³-hybridized carbons (Fsp3) is 0.182. The average molecular weight is 356 g/mol. The number of aromatic nitrogens is 3. The highest BCUT2D eigenvalue weighted by Gasteiger charge is 2.14. The van der Waals surface area contributed by atoms with Gasteiger partial charge >= 0.3 is 0 Å². The van der Waals surface area contributed by atoms with E-state index in [1.165, 1.54) is 0 Å². The van der Waals surface area contributed by atoms with Gasteiger partial charge in [-0.1, -0.05) is 12.1 Å². The molecule has 1 aromatic carbocycles. The van der Waals surface area contributed by atoms with E-state index in [9.17, 15) is 5.26 Å². The van der Waals surface area contributed by atoms with Crippen LogP contribution in [0, 0.1) is 25.2 Å². The molecular formula is C22H20N4O. The number of hydrogen-bond acceptors (Lipinski definition) is 3. The predicted molar refractivity (Wildman–Crippen MR) is 106 cm³/mol. The lowest BCUT2D eigenvalue weighted by Crippen LogP contribution is -2.03. The number of nitrogens with zero attached hydrogens (tertiary/aromatic N) is 4. The first-order valence-corrected chi connectivity index (χ1v) is 8.81. The minimum Gasteiger partial charge on any atom is -0.467 e. The number of nitriles is 1. The summed E-state index contributed by atoms with van der Waals surface area (Å²) in [6, 6.07) is 16.2. The Bertz CT molecular complexity index is 1180. The van der Waals surface area contributed by atoms with Gasteiger partial charge in [0.15, 0.2) is 5.82 Å². The van der Waals surface area contributed by atoms with Crippen LogP contribution in [0.15, 0.2) is 53.1 Å². The third-order valence-corrected chi connectivity index (χ3v) is 4.96. The van der Waals surface area contributed by atoms with Crippen molar-refractivity contribution in [2.75, 3.05) is 0 Å². The van der Waals surface area contributed by atoms with E-state index in [4.69, 9.17) is 4.42 Å². The summed E-state index contributed by atoms with van der Waals surface area (Å²) < 4.78 is 9.63. The standard InChI is InChI=1S/C22H20N4O/c1-15-11-17(16(2)26(15)14-19-7-6-10-27-19)12-18(13-23)22-24-20-8-4-5-9-21(20)25(22)3/h4-12H,14H2,1-3H3. The number of hydrogen-bond donors (Lipinski definition) is 0. The molecule has 5 nitrogen and oxygen atoms in total. The fourth-order valence-electron chi connectivity index (χ4n) is 3.46. The molecule has 0 aliphatic rings. The van der Waals surface area contributed by atoms with Crippen LogP contribution in [0.25, 0.3) is 22.7 Å². The minimum atomic E-state index is 0.548. The Morgan fingerprint density at radius 2 is 2.04 bits per heavy atom. The topological polar surface area (TPSA) is 59.7 Å². The molecule has 4 rings (SSSR count). The largest absolute Gasteiger partial charge is 0.467 e. The molecule has 0 N–H and O–H groups in total. The van der Waals surface area contributed by atoms with Crippen molar-refractivity contribution in [3.8, 4) is 6.07 Å². The summed E-state index contributed by atoms with van der Waals surface area (Å²) >= 11 is 0. The van der Waals surface area contributed by atoms with Crippen LogP contribution in [0.1, 0.15) is 28.5 Å². The molecule has 134 valence electrons. The molecule has 0 unspecified atom stereocenters. The Balaban J connectivity index is 1.77. The molecule has 0 aliphatic heterocycles. The van der Waals surface area contributed by atoms with E-state index in [1.54, 1.807) is 6.26 Å². The molecule has 0 aliphatic carbocycles. The molecular weight excluding hydrogens is 336 g/mol. The summed E-state index contributed by atoms with van der Waals surface area (Å²) in [4.78, 5) is 4.65. The van der Waals surface area contributed by atoms with Crippen molar-refractivity contribution in [2.45, 2.75) is 20.4 Å². The van der Waals surface area contributed by atoms with Crippen molar-refractivity contribution in [1.29, 1.82) is 5.26 Å². The van der Waals surface area contributed by atoms with Gasteiger partial charge in [0.2, 0.25) is 0 Å². The number of para-hydroxylation sites is 2. The smallest absolute Gasteiger partial charge is 0.151 e. The van der Waals surface area contributed by atoms with E-state index >= 15 is 0 Å². The zero-order valence-electron chi connectivity index (χ0n) is 15.6. The van der Waals surface area contributed by atoms with Crippen LogP contribution in [0.4, 0.5) is 0 Å². The maximum atomic E-state index is 9.77. The lowest BCUT2D eigenvalue weighted by molar-refractivity contribution is 0.489. The monoisotopic (exact) mass is 356 g/mol. The van der Waals surface area contributed by atoms with Gasteiger partial charge in [0, 0.05) is 18.4 Å². The van der Waals surface area contributed by atoms with E-state index in [2.05, 4.69) is 35.5 Å². The maximum absolute atomic E-state index is 9.77. The van der Waals surface area contributed by atoms with Crippen LogP contribution in [0.3, 0.4) is 0 Å². The van der Waals surface area contributed by atoms with Crippen LogP contribution in [-0.2, 0) is 13.6 Å². The van der Waals surface area contributed by atoms with Crippen LogP contribution < -0.4 is 0 Å². The third-order valence-electron chi connectivity index (χ3n) is 4.96. The van der Waals surface area contributed by atoms with Gasteiger partial charge in [0.1, 0.15) is 11.8 Å². The summed E-state index contributed by atoms with van der Waals surface area (Å²) in [5.41, 5.74) is 5.68. The Labute approximate surface area is 157 Å². The van der Waals surface area contributed by atoms with E-state index in [1.807, 2.05) is 54.1 Å². The SMILES string of the molecule is Cc1cc(C=C(C#N)c2nc3ccccc3n2C)c(C)n1Cc1ccco1. The first-order chi connectivity index (χ1) is 13.1. The first-order valence-electron chi connectivity index (χ1n) is 8.81. The summed E-state index contributed by atoms with van der Waals surface area (Å²) in [7, 11) is 1.94. The molecule has 0 saturated carbocycles. The summed E-state index contributed by atoms with van der Waals surface area (Å²) in [6.45, 7) is 4.80. The minimum absolute atomic E-state index is 0.548. The summed E-state index contributed by atoms with van der Waals surface area (Å²) in [6.07, 6.45) is 3.60. The van der Waals surface area contributed by atoms with Gasteiger partial charge < -0.3 is 13.6 Å². The number of aryl methyl sites for hydroxylation is 2. The van der Waals surface area contributed by atoms with Crippen molar-refractivity contribution in [2.24, 2.45) is 7.05 Å². The normalized spacial score (nSPS) is 11.9. The number of fused-ring (bicyclic) bond motifs is 1. The van der Waals surface area contributed by atoms with E-state index in [0.717, 1.165) is 33.7 Å². The molecule has 3 aromatic heterocycles. The summed E-state index contributed by atoms with van der Waals surface area (Å²) in [5.74, 6) is 1.58. The zero-order valence-corrected chi connectivity index (χ0v) is 15.6. The van der Waals surface area contributed by atoms with Gasteiger partial charge in [-0.25, -0.2) is 4.98 Å². The van der Waals surface area contributed by atoms with Gasteiger partial charge in [-0.2, -0.15) is 5.26 Å². The zero-order chi connectivity index (χ0) is 19.0. The van der Waals surface area contributed by atoms with Gasteiger partial charge in [-0.15, -0.1) is 0 Å². The van der Waals surface area contributed by atoms with Gasteiger partial charge in [0.05, 0.1) is 29.4 Å². The maximum Gasteiger partial charge on any atom is 0.151 e. The molecule has 5 heteroatoms. The Morgan fingerprint density at radius 1 is 1.22 bits per heavy atom. The molecule has 0 saturated heterocycles. The van der Waals surface area contributed by atoms with Gasteiger partial charge in [0.25, 0.3) is 0 Å². The Hall–Kier alpha value is -3.52. The third kappa shape index (κ3) is 2.96. The molecule has 0 fully saturated rings. The summed E-state index contributed by atoms with van der Waals surface area (Å²) in [5, 5.41) is 9.77. The van der Waals surface area contributed by atoms with E-state index in [0.29, 0.717) is 17.9 Å². The molecule has 0 bridgehead atoms. The van der Waals surface area contributed by atoms with Crippen molar-refractivity contribution in [3.63, 3.8) is 0 Å². The molecule has 3 heterocycles. The predicted octanol–water partition coefficient (Wildman–Crippen LogP) is 4.70. The van der Waals surface area contributed by atoms with Crippen molar-refractivity contribution >= 4 is 22.7 Å².